The van der Waals surface area contributed by atoms with Gasteiger partial charge in [0.25, 0.3) is 0 Å². The zero-order chi connectivity index (χ0) is 12.5. The Balaban J connectivity index is 1.68. The highest BCUT2D eigenvalue weighted by Crippen LogP contribution is 2.28. The monoisotopic (exact) mass is 245 g/mol. The number of para-hydroxylation sites is 1. The molecule has 5 heteroatoms. The predicted molar refractivity (Wildman–Crippen MR) is 65.2 cm³/mol. The normalized spacial score (nSPS) is 19.3. The first kappa shape index (κ1) is 11.2. The number of aromatic nitrogens is 3. The molecule has 0 aliphatic carbocycles. The molecule has 0 saturated carbocycles. The van der Waals surface area contributed by atoms with Crippen molar-refractivity contribution in [2.75, 3.05) is 0 Å². The molecule has 1 aromatic heterocycles. The Labute approximate surface area is 105 Å². The fraction of sp³-hybridized carbons (Fsp3) is 0.385. The van der Waals surface area contributed by atoms with Crippen LogP contribution in [0.5, 0.6) is 5.75 Å². The van der Waals surface area contributed by atoms with Gasteiger partial charge < -0.3 is 9.84 Å². The fourth-order valence-corrected chi connectivity index (χ4v) is 2.16. The van der Waals surface area contributed by atoms with E-state index in [1.54, 1.807) is 17.8 Å². The van der Waals surface area contributed by atoms with Crippen molar-refractivity contribution in [1.82, 2.24) is 15.0 Å². The molecule has 94 valence electrons. The van der Waals surface area contributed by atoms with E-state index in [-0.39, 0.29) is 6.10 Å². The summed E-state index contributed by atoms with van der Waals surface area (Å²) in [5.41, 5.74) is 1.82. The first-order valence-corrected chi connectivity index (χ1v) is 6.05. The second kappa shape index (κ2) is 4.42. The molecule has 5 nitrogen and oxygen atoms in total. The van der Waals surface area contributed by atoms with Crippen molar-refractivity contribution < 1.29 is 9.84 Å². The van der Waals surface area contributed by atoms with Gasteiger partial charge in [-0.25, -0.2) is 4.68 Å². The second-order valence-corrected chi connectivity index (χ2v) is 4.59. The molecule has 2 aromatic rings. The zero-order valence-corrected chi connectivity index (χ0v) is 10.2. The summed E-state index contributed by atoms with van der Waals surface area (Å²) < 4.78 is 7.55. The number of rotatable bonds is 3. The minimum Gasteiger partial charge on any atom is -0.488 e. The van der Waals surface area contributed by atoms with Crippen LogP contribution in [0.4, 0.5) is 0 Å². The molecule has 0 spiro atoms. The molecule has 0 radical (unpaired) electrons. The molecule has 2 atom stereocenters. The first-order chi connectivity index (χ1) is 8.72. The SMILES string of the molecule is CC(O)c1cn(CC2Cc3ccccc3O2)nn1. The summed E-state index contributed by atoms with van der Waals surface area (Å²) >= 11 is 0. The van der Waals surface area contributed by atoms with Crippen LogP contribution in [0.3, 0.4) is 0 Å². The topological polar surface area (TPSA) is 60.2 Å². The smallest absolute Gasteiger partial charge is 0.123 e. The Morgan fingerprint density at radius 2 is 2.33 bits per heavy atom. The summed E-state index contributed by atoms with van der Waals surface area (Å²) in [6.07, 6.45) is 2.16. The largest absolute Gasteiger partial charge is 0.488 e. The number of hydrogen-bond acceptors (Lipinski definition) is 4. The Bertz CT molecular complexity index is 526. The van der Waals surface area contributed by atoms with E-state index in [9.17, 15) is 5.11 Å². The Kier molecular flexibility index (Phi) is 2.76. The number of aliphatic hydroxyl groups is 1. The van der Waals surface area contributed by atoms with Gasteiger partial charge in [-0.1, -0.05) is 23.4 Å². The molecule has 2 heterocycles. The van der Waals surface area contributed by atoms with E-state index in [4.69, 9.17) is 4.74 Å². The second-order valence-electron chi connectivity index (χ2n) is 4.59. The summed E-state index contributed by atoms with van der Waals surface area (Å²) in [6.45, 7) is 2.32. The maximum atomic E-state index is 9.39. The number of aliphatic hydroxyl groups excluding tert-OH is 1. The first-order valence-electron chi connectivity index (χ1n) is 6.05. The molecule has 3 rings (SSSR count). The highest BCUT2D eigenvalue weighted by Gasteiger charge is 2.23. The molecule has 1 N–H and O–H groups in total. The van der Waals surface area contributed by atoms with Crippen LogP contribution in [0.15, 0.2) is 30.5 Å². The molecule has 1 aliphatic rings. The van der Waals surface area contributed by atoms with Gasteiger partial charge in [-0.3, -0.25) is 0 Å². The quantitative estimate of drug-likeness (QED) is 0.886. The van der Waals surface area contributed by atoms with Crippen LogP contribution < -0.4 is 4.74 Å². The Hall–Kier alpha value is -1.88. The van der Waals surface area contributed by atoms with Crippen LogP contribution in [0.1, 0.15) is 24.3 Å². The zero-order valence-electron chi connectivity index (χ0n) is 10.2. The molecule has 0 amide bonds. The van der Waals surface area contributed by atoms with Gasteiger partial charge >= 0.3 is 0 Å². The third-order valence-electron chi connectivity index (χ3n) is 3.09. The molecule has 1 aromatic carbocycles. The van der Waals surface area contributed by atoms with Crippen LogP contribution in [-0.4, -0.2) is 26.2 Å². The van der Waals surface area contributed by atoms with Gasteiger partial charge in [0.1, 0.15) is 17.5 Å². The van der Waals surface area contributed by atoms with Crippen molar-refractivity contribution in [3.05, 3.63) is 41.7 Å². The van der Waals surface area contributed by atoms with Crippen LogP contribution in [-0.2, 0) is 13.0 Å². The van der Waals surface area contributed by atoms with Gasteiger partial charge in [-0.05, 0) is 18.6 Å². The summed E-state index contributed by atoms with van der Waals surface area (Å²) in [5.74, 6) is 0.957. The van der Waals surface area contributed by atoms with E-state index in [2.05, 4.69) is 16.4 Å². The molecule has 18 heavy (non-hydrogen) atoms. The van der Waals surface area contributed by atoms with Gasteiger partial charge in [0.05, 0.1) is 18.8 Å². The van der Waals surface area contributed by atoms with Crippen molar-refractivity contribution in [1.29, 1.82) is 0 Å². The number of hydrogen-bond donors (Lipinski definition) is 1. The van der Waals surface area contributed by atoms with Crippen molar-refractivity contribution in [3.63, 3.8) is 0 Å². The average molecular weight is 245 g/mol. The summed E-state index contributed by atoms with van der Waals surface area (Å²) in [7, 11) is 0. The molecule has 0 fully saturated rings. The number of benzene rings is 1. The fourth-order valence-electron chi connectivity index (χ4n) is 2.16. The third kappa shape index (κ3) is 2.09. The van der Waals surface area contributed by atoms with E-state index in [0.717, 1.165) is 12.2 Å². The van der Waals surface area contributed by atoms with Crippen LogP contribution in [0, 0.1) is 0 Å². The molecular weight excluding hydrogens is 230 g/mol. The van der Waals surface area contributed by atoms with E-state index < -0.39 is 6.10 Å². The van der Waals surface area contributed by atoms with Crippen molar-refractivity contribution in [3.8, 4) is 5.75 Å². The number of ether oxygens (including phenoxy) is 1. The summed E-state index contributed by atoms with van der Waals surface area (Å²) in [5, 5.41) is 17.3. The van der Waals surface area contributed by atoms with E-state index in [1.165, 1.54) is 5.56 Å². The van der Waals surface area contributed by atoms with Crippen molar-refractivity contribution in [2.24, 2.45) is 0 Å². The van der Waals surface area contributed by atoms with Gasteiger partial charge in [0.2, 0.25) is 0 Å². The van der Waals surface area contributed by atoms with Gasteiger partial charge in [-0.2, -0.15) is 0 Å². The lowest BCUT2D eigenvalue weighted by atomic mass is 10.1. The highest BCUT2D eigenvalue weighted by atomic mass is 16.5. The highest BCUT2D eigenvalue weighted by molar-refractivity contribution is 5.37. The minimum absolute atomic E-state index is 0.0888. The van der Waals surface area contributed by atoms with E-state index in [0.29, 0.717) is 12.2 Å². The van der Waals surface area contributed by atoms with E-state index >= 15 is 0 Å². The molecule has 0 bridgehead atoms. The van der Waals surface area contributed by atoms with E-state index in [1.807, 2.05) is 18.2 Å². The lowest BCUT2D eigenvalue weighted by Gasteiger charge is -2.09. The van der Waals surface area contributed by atoms with Crippen LogP contribution in [0.25, 0.3) is 0 Å². The van der Waals surface area contributed by atoms with Crippen molar-refractivity contribution >= 4 is 0 Å². The molecule has 1 aliphatic heterocycles. The third-order valence-corrected chi connectivity index (χ3v) is 3.09. The van der Waals surface area contributed by atoms with Crippen LogP contribution >= 0.6 is 0 Å². The number of nitrogens with zero attached hydrogens (tertiary/aromatic N) is 3. The standard InChI is InChI=1S/C13H15N3O2/c1-9(17)12-8-16(15-14-12)7-11-6-10-4-2-3-5-13(10)18-11/h2-5,8-9,11,17H,6-7H2,1H3. The molecule has 0 saturated heterocycles. The minimum atomic E-state index is -0.583. The van der Waals surface area contributed by atoms with Gasteiger partial charge in [0.15, 0.2) is 0 Å². The Morgan fingerprint density at radius 1 is 1.50 bits per heavy atom. The Morgan fingerprint density at radius 3 is 3.06 bits per heavy atom. The lowest BCUT2D eigenvalue weighted by Crippen LogP contribution is -2.21. The van der Waals surface area contributed by atoms with Gasteiger partial charge in [0, 0.05) is 6.42 Å². The average Bonchev–Trinajstić information content (AvgIpc) is 2.94. The molecule has 2 unspecified atom stereocenters. The maximum absolute atomic E-state index is 9.39. The lowest BCUT2D eigenvalue weighted by molar-refractivity contribution is 0.193. The maximum Gasteiger partial charge on any atom is 0.123 e. The summed E-state index contributed by atoms with van der Waals surface area (Å²) in [4.78, 5) is 0. The number of fused-ring (bicyclic) bond motifs is 1. The molecular formula is C13H15N3O2. The summed E-state index contributed by atoms with van der Waals surface area (Å²) in [6, 6.07) is 8.06. The predicted octanol–water partition coefficient (Wildman–Crippen LogP) is 1.34. The van der Waals surface area contributed by atoms with Crippen molar-refractivity contribution in [2.45, 2.75) is 32.1 Å². The van der Waals surface area contributed by atoms with Crippen LogP contribution in [0.2, 0.25) is 0 Å². The van der Waals surface area contributed by atoms with Gasteiger partial charge in [-0.15, -0.1) is 5.10 Å².